The van der Waals surface area contributed by atoms with Gasteiger partial charge >= 0.3 is 0 Å². The molecule has 0 spiro atoms. The van der Waals surface area contributed by atoms with Crippen molar-refractivity contribution in [1.29, 1.82) is 0 Å². The number of rotatable bonds is 4. The third kappa shape index (κ3) is 3.06. The molecule has 0 bridgehead atoms. The van der Waals surface area contributed by atoms with Crippen LogP contribution < -0.4 is 4.74 Å². The molecule has 3 rings (SSSR count). The molecule has 0 saturated carbocycles. The van der Waals surface area contributed by atoms with E-state index in [4.69, 9.17) is 4.74 Å². The van der Waals surface area contributed by atoms with Crippen molar-refractivity contribution in [2.75, 3.05) is 0 Å². The first-order valence-electron chi connectivity index (χ1n) is 6.83. The van der Waals surface area contributed by atoms with Crippen LogP contribution in [0.2, 0.25) is 0 Å². The first kappa shape index (κ1) is 14.1. The van der Waals surface area contributed by atoms with Gasteiger partial charge in [0.1, 0.15) is 12.4 Å². The fraction of sp³-hybridized carbons (Fsp3) is 0.0556. The highest BCUT2D eigenvalue weighted by molar-refractivity contribution is 5.67. The monoisotopic (exact) mass is 295 g/mol. The van der Waals surface area contributed by atoms with Gasteiger partial charge in [0.15, 0.2) is 11.6 Å². The number of pyridine rings is 1. The summed E-state index contributed by atoms with van der Waals surface area (Å²) in [5, 5.41) is 9.47. The molecule has 1 heterocycles. The minimum Gasteiger partial charge on any atom is -0.505 e. The number of aromatic nitrogens is 1. The van der Waals surface area contributed by atoms with Gasteiger partial charge in [-0.25, -0.2) is 4.39 Å². The Balaban J connectivity index is 1.82. The van der Waals surface area contributed by atoms with Crippen LogP contribution in [0.5, 0.6) is 11.5 Å². The maximum Gasteiger partial charge on any atom is 0.172 e. The lowest BCUT2D eigenvalue weighted by atomic mass is 10.0. The summed E-state index contributed by atoms with van der Waals surface area (Å²) in [5.74, 6) is -0.366. The van der Waals surface area contributed by atoms with Crippen molar-refractivity contribution in [2.45, 2.75) is 6.61 Å². The minimum absolute atomic E-state index is 0.340. The van der Waals surface area contributed by atoms with Gasteiger partial charge in [-0.05, 0) is 29.8 Å². The van der Waals surface area contributed by atoms with E-state index in [1.165, 1.54) is 6.07 Å². The lowest BCUT2D eigenvalue weighted by molar-refractivity contribution is 0.306. The average Bonchev–Trinajstić information content (AvgIpc) is 2.57. The number of phenolic OH excluding ortho intramolecular Hbond substituents is 1. The normalized spacial score (nSPS) is 10.4. The molecule has 0 aliphatic carbocycles. The number of aromatic hydroxyl groups is 1. The van der Waals surface area contributed by atoms with Gasteiger partial charge in [0.2, 0.25) is 0 Å². The molecule has 0 radical (unpaired) electrons. The molecule has 110 valence electrons. The van der Waals surface area contributed by atoms with Crippen molar-refractivity contribution in [1.82, 2.24) is 4.98 Å². The van der Waals surface area contributed by atoms with Gasteiger partial charge in [0.05, 0.1) is 0 Å². The summed E-state index contributed by atoms with van der Waals surface area (Å²) in [4.78, 5) is 4.03. The second kappa shape index (κ2) is 6.26. The summed E-state index contributed by atoms with van der Waals surface area (Å²) in [7, 11) is 0. The van der Waals surface area contributed by atoms with Crippen LogP contribution in [0.3, 0.4) is 0 Å². The zero-order valence-electron chi connectivity index (χ0n) is 11.7. The SMILES string of the molecule is Oc1cccc(-c2cccc(OCc3cccnc3)c2)c1F. The molecular weight excluding hydrogens is 281 g/mol. The van der Waals surface area contributed by atoms with Crippen LogP contribution in [0.1, 0.15) is 5.56 Å². The summed E-state index contributed by atoms with van der Waals surface area (Å²) in [5.41, 5.74) is 1.94. The van der Waals surface area contributed by atoms with Gasteiger partial charge < -0.3 is 9.84 Å². The fourth-order valence-electron chi connectivity index (χ4n) is 2.15. The Labute approximate surface area is 127 Å². The highest BCUT2D eigenvalue weighted by atomic mass is 19.1. The summed E-state index contributed by atoms with van der Waals surface area (Å²) >= 11 is 0. The molecule has 3 aromatic rings. The molecule has 22 heavy (non-hydrogen) atoms. The second-order valence-electron chi connectivity index (χ2n) is 4.82. The van der Waals surface area contributed by atoms with Crippen LogP contribution in [-0.2, 0) is 6.61 Å². The second-order valence-corrected chi connectivity index (χ2v) is 4.82. The zero-order valence-corrected chi connectivity index (χ0v) is 11.7. The van der Waals surface area contributed by atoms with E-state index in [1.54, 1.807) is 48.8 Å². The molecule has 0 aliphatic rings. The van der Waals surface area contributed by atoms with E-state index in [-0.39, 0.29) is 5.75 Å². The van der Waals surface area contributed by atoms with Gasteiger partial charge in [-0.15, -0.1) is 0 Å². The fourth-order valence-corrected chi connectivity index (χ4v) is 2.15. The molecule has 0 fully saturated rings. The topological polar surface area (TPSA) is 42.4 Å². The molecule has 4 heteroatoms. The largest absolute Gasteiger partial charge is 0.505 e. The Morgan fingerprint density at radius 2 is 1.91 bits per heavy atom. The van der Waals surface area contributed by atoms with Crippen molar-refractivity contribution < 1.29 is 14.2 Å². The smallest absolute Gasteiger partial charge is 0.172 e. The van der Waals surface area contributed by atoms with Gasteiger partial charge in [-0.2, -0.15) is 0 Å². The van der Waals surface area contributed by atoms with Crippen LogP contribution in [0.25, 0.3) is 11.1 Å². The van der Waals surface area contributed by atoms with Crippen molar-refractivity contribution in [3.8, 4) is 22.6 Å². The molecule has 0 amide bonds. The van der Waals surface area contributed by atoms with Crippen LogP contribution in [0.15, 0.2) is 67.0 Å². The zero-order chi connectivity index (χ0) is 15.4. The molecule has 0 unspecified atom stereocenters. The molecule has 1 N–H and O–H groups in total. The Hall–Kier alpha value is -2.88. The third-order valence-electron chi connectivity index (χ3n) is 3.25. The summed E-state index contributed by atoms with van der Waals surface area (Å²) in [6.45, 7) is 0.389. The summed E-state index contributed by atoms with van der Waals surface area (Å²) < 4.78 is 19.7. The Morgan fingerprint density at radius 1 is 1.05 bits per heavy atom. The Morgan fingerprint density at radius 3 is 2.73 bits per heavy atom. The first-order chi connectivity index (χ1) is 10.7. The average molecular weight is 295 g/mol. The maximum absolute atomic E-state index is 14.0. The lowest BCUT2D eigenvalue weighted by Crippen LogP contribution is -1.96. The van der Waals surface area contributed by atoms with E-state index in [9.17, 15) is 9.50 Å². The quantitative estimate of drug-likeness (QED) is 0.785. The number of nitrogens with zero attached hydrogens (tertiary/aromatic N) is 1. The predicted molar refractivity (Wildman–Crippen MR) is 82.1 cm³/mol. The maximum atomic E-state index is 14.0. The number of phenols is 1. The van der Waals surface area contributed by atoms with Crippen molar-refractivity contribution >= 4 is 0 Å². The standard InChI is InChI=1S/C18H14FNO2/c19-18-16(7-2-8-17(18)21)14-5-1-6-15(10-14)22-12-13-4-3-9-20-11-13/h1-11,21H,12H2. The Kier molecular flexibility index (Phi) is 4.01. The van der Waals surface area contributed by atoms with Gasteiger partial charge in [0, 0.05) is 23.5 Å². The number of ether oxygens (including phenoxy) is 1. The first-order valence-corrected chi connectivity index (χ1v) is 6.83. The molecule has 2 aromatic carbocycles. The van der Waals surface area contributed by atoms with E-state index >= 15 is 0 Å². The molecule has 3 nitrogen and oxygen atoms in total. The van der Waals surface area contributed by atoms with E-state index in [2.05, 4.69) is 4.98 Å². The van der Waals surface area contributed by atoms with Crippen molar-refractivity contribution in [2.24, 2.45) is 0 Å². The number of hydrogen-bond acceptors (Lipinski definition) is 3. The van der Waals surface area contributed by atoms with E-state index < -0.39 is 5.82 Å². The molecule has 0 atom stereocenters. The van der Waals surface area contributed by atoms with Gasteiger partial charge in [-0.3, -0.25) is 4.98 Å². The van der Waals surface area contributed by atoms with Crippen LogP contribution in [0, 0.1) is 5.82 Å². The minimum atomic E-state index is -0.632. The van der Waals surface area contributed by atoms with Crippen molar-refractivity contribution in [3.63, 3.8) is 0 Å². The predicted octanol–water partition coefficient (Wildman–Crippen LogP) is 4.17. The lowest BCUT2D eigenvalue weighted by Gasteiger charge is -2.09. The van der Waals surface area contributed by atoms with Gasteiger partial charge in [-0.1, -0.05) is 30.3 Å². The molecule has 1 aromatic heterocycles. The Bertz CT molecular complexity index is 775. The van der Waals surface area contributed by atoms with Crippen LogP contribution in [-0.4, -0.2) is 10.1 Å². The van der Waals surface area contributed by atoms with E-state index in [0.29, 0.717) is 23.5 Å². The number of halogens is 1. The highest BCUT2D eigenvalue weighted by Gasteiger charge is 2.09. The molecule has 0 aliphatic heterocycles. The van der Waals surface area contributed by atoms with Crippen LogP contribution in [0.4, 0.5) is 4.39 Å². The van der Waals surface area contributed by atoms with E-state index in [1.807, 2.05) is 12.1 Å². The van der Waals surface area contributed by atoms with Crippen molar-refractivity contribution in [3.05, 3.63) is 78.4 Å². The van der Waals surface area contributed by atoms with Crippen LogP contribution >= 0.6 is 0 Å². The summed E-state index contributed by atoms with van der Waals surface area (Å²) in [6, 6.07) is 15.4. The number of benzene rings is 2. The van der Waals surface area contributed by atoms with Gasteiger partial charge in [0.25, 0.3) is 0 Å². The third-order valence-corrected chi connectivity index (χ3v) is 3.25. The molecule has 0 saturated heterocycles. The summed E-state index contributed by atoms with van der Waals surface area (Å²) in [6.07, 6.45) is 3.44. The molecular formula is C18H14FNO2. The highest BCUT2D eigenvalue weighted by Crippen LogP contribution is 2.30. The van der Waals surface area contributed by atoms with E-state index in [0.717, 1.165) is 5.56 Å². The number of hydrogen-bond donors (Lipinski definition) is 1.